The number of hydrogen-bond donors (Lipinski definition) is 4. The Labute approximate surface area is 422 Å². The quantitative estimate of drug-likeness (QED) is 0.0667. The molecule has 2 saturated carbocycles. The zero-order chi connectivity index (χ0) is 53.4. The van der Waals surface area contributed by atoms with E-state index < -0.39 is 81.2 Å². The number of nitrogens with zero attached hydrogens (tertiary/aromatic N) is 4. The Hall–Kier alpha value is -7.58. The molecule has 14 nitrogen and oxygen atoms in total. The fourth-order valence-electron chi connectivity index (χ4n) is 10.1. The molecule has 2 aliphatic rings. The SMILES string of the molecule is COC(=O)N[C@@H]1[C@H](C)C[C@H](c2ccncc2CC(=O)c2ccc(F)c(-c3c(F)cccc3F)n2)C[C@@H]1N.COC(=O)N[C@@H]1[C@H](N)C[C@H](c2ccncc2CC(=O)c2ccc(F)c(-c3c(F)cccc3F)n2)C[C@@H]1C. The van der Waals surface area contributed by atoms with Crippen molar-refractivity contribution in [1.29, 1.82) is 0 Å². The predicted octanol–water partition coefficient (Wildman–Crippen LogP) is 9.10. The first-order valence-electron chi connectivity index (χ1n) is 23.7. The van der Waals surface area contributed by atoms with Gasteiger partial charge in [-0.1, -0.05) is 26.0 Å². The van der Waals surface area contributed by atoms with Crippen LogP contribution in [0.2, 0.25) is 0 Å². The fraction of sp³-hybridized carbons (Fsp3) is 0.333. The Morgan fingerprint density at radius 3 is 1.24 bits per heavy atom. The Kier molecular flexibility index (Phi) is 17.6. The maximum Gasteiger partial charge on any atom is 0.407 e. The van der Waals surface area contributed by atoms with Crippen LogP contribution in [0.5, 0.6) is 0 Å². The fourth-order valence-corrected chi connectivity index (χ4v) is 10.1. The number of ketones is 2. The number of Topliss-reactive ketones (excluding diaryl/α,β-unsaturated/α-hetero) is 2. The molecule has 2 amide bonds. The van der Waals surface area contributed by atoms with Crippen molar-refractivity contribution in [1.82, 2.24) is 30.6 Å². The highest BCUT2D eigenvalue weighted by Crippen LogP contribution is 2.39. The Morgan fingerprint density at radius 1 is 0.541 bits per heavy atom. The molecular formula is C54H54F6N8O6. The van der Waals surface area contributed by atoms with E-state index in [1.165, 1.54) is 26.4 Å². The van der Waals surface area contributed by atoms with Gasteiger partial charge in [0.15, 0.2) is 11.6 Å². The highest BCUT2D eigenvalue weighted by atomic mass is 19.2. The third kappa shape index (κ3) is 12.4. The van der Waals surface area contributed by atoms with E-state index in [-0.39, 0.29) is 72.1 Å². The Morgan fingerprint density at radius 2 is 0.905 bits per heavy atom. The summed E-state index contributed by atoms with van der Waals surface area (Å²) in [7, 11) is 2.59. The summed E-state index contributed by atoms with van der Waals surface area (Å²) in [5, 5.41) is 5.59. The molecule has 74 heavy (non-hydrogen) atoms. The molecule has 4 heterocycles. The van der Waals surface area contributed by atoms with Gasteiger partial charge in [0.05, 0.1) is 25.3 Å². The molecule has 2 fully saturated rings. The van der Waals surface area contributed by atoms with Gasteiger partial charge < -0.3 is 31.6 Å². The number of halogens is 6. The van der Waals surface area contributed by atoms with Crippen molar-refractivity contribution < 1.29 is 55.0 Å². The standard InChI is InChI=1S/2C27H27F3N4O3/c2*1-14-10-15(11-21(31)25(14)34-27(36)37-2)17-8-9-32-13-16(17)12-23(35)22-7-6-20(30)26(33-22)24-18(28)4-3-5-19(24)29/h2*3-9,13-15,21,25H,10-12,31H2,1-2H3,(H,34,36)/t2*14-,15+,21+,25-/m10/s1. The number of benzene rings is 2. The maximum atomic E-state index is 14.5. The molecule has 8 rings (SSSR count). The van der Waals surface area contributed by atoms with E-state index in [4.69, 9.17) is 20.9 Å². The van der Waals surface area contributed by atoms with Crippen molar-refractivity contribution in [3.8, 4) is 22.5 Å². The minimum atomic E-state index is -0.978. The first-order valence-corrected chi connectivity index (χ1v) is 23.7. The van der Waals surface area contributed by atoms with Gasteiger partial charge in [0.1, 0.15) is 57.7 Å². The van der Waals surface area contributed by atoms with Crippen LogP contribution in [0.1, 0.15) is 94.6 Å². The number of nitrogens with one attached hydrogen (secondary N) is 2. The average molecular weight is 1030 g/mol. The van der Waals surface area contributed by atoms with E-state index in [1.807, 2.05) is 26.0 Å². The van der Waals surface area contributed by atoms with Crippen LogP contribution in [0.4, 0.5) is 35.9 Å². The number of rotatable bonds is 12. The number of nitrogens with two attached hydrogens (primary N) is 2. The Balaban J connectivity index is 0.000000216. The van der Waals surface area contributed by atoms with Crippen LogP contribution in [0.15, 0.2) is 97.6 Å². The zero-order valence-electron chi connectivity index (χ0n) is 40.8. The number of hydrogen-bond acceptors (Lipinski definition) is 12. The molecule has 0 spiro atoms. The van der Waals surface area contributed by atoms with Crippen LogP contribution in [-0.2, 0) is 22.3 Å². The molecule has 388 valence electrons. The lowest BCUT2D eigenvalue weighted by Crippen LogP contribution is -2.54. The maximum absolute atomic E-state index is 14.5. The van der Waals surface area contributed by atoms with Gasteiger partial charge in [-0.05, 0) is 132 Å². The van der Waals surface area contributed by atoms with E-state index in [2.05, 4.69) is 30.6 Å². The second-order valence-electron chi connectivity index (χ2n) is 18.5. The lowest BCUT2D eigenvalue weighted by Gasteiger charge is -2.39. The van der Waals surface area contributed by atoms with Crippen LogP contribution < -0.4 is 22.1 Å². The summed E-state index contributed by atoms with van der Waals surface area (Å²) in [5.41, 5.74) is 13.3. The molecule has 0 bridgehead atoms. The topological polar surface area (TPSA) is 214 Å². The van der Waals surface area contributed by atoms with Gasteiger partial charge in [-0.3, -0.25) is 19.6 Å². The number of ether oxygens (including phenoxy) is 2. The third-order valence-electron chi connectivity index (χ3n) is 13.6. The van der Waals surface area contributed by atoms with Crippen LogP contribution >= 0.6 is 0 Å². The van der Waals surface area contributed by atoms with E-state index in [0.717, 1.165) is 59.7 Å². The number of carbonyl (C=O) groups is 4. The van der Waals surface area contributed by atoms with Gasteiger partial charge in [-0.2, -0.15) is 0 Å². The van der Waals surface area contributed by atoms with Crippen molar-refractivity contribution >= 4 is 23.8 Å². The van der Waals surface area contributed by atoms with Crippen molar-refractivity contribution in [2.45, 2.75) is 88.4 Å². The van der Waals surface area contributed by atoms with Crippen LogP contribution in [0, 0.1) is 46.7 Å². The highest BCUT2D eigenvalue weighted by Gasteiger charge is 2.38. The number of aromatic nitrogens is 4. The molecule has 6 aromatic rings. The van der Waals surface area contributed by atoms with Gasteiger partial charge in [0, 0.05) is 61.8 Å². The highest BCUT2D eigenvalue weighted by molar-refractivity contribution is 5.97. The van der Waals surface area contributed by atoms with Crippen molar-refractivity contribution in [2.24, 2.45) is 23.3 Å². The molecule has 0 unspecified atom stereocenters. The van der Waals surface area contributed by atoms with E-state index in [9.17, 15) is 45.5 Å². The average Bonchev–Trinajstić information content (AvgIpc) is 3.37. The molecule has 8 atom stereocenters. The first-order chi connectivity index (χ1) is 35.4. The zero-order valence-corrected chi connectivity index (χ0v) is 40.8. The summed E-state index contributed by atoms with van der Waals surface area (Å²) in [5.74, 6) is -6.60. The van der Waals surface area contributed by atoms with Gasteiger partial charge >= 0.3 is 12.2 Å². The number of carbonyl (C=O) groups excluding carboxylic acids is 4. The first kappa shape index (κ1) is 54.2. The molecule has 20 heteroatoms. The number of alkyl carbamates (subject to hydrolysis) is 2. The van der Waals surface area contributed by atoms with Crippen LogP contribution in [-0.4, -0.2) is 82.1 Å². The second-order valence-corrected chi connectivity index (χ2v) is 18.5. The van der Waals surface area contributed by atoms with Gasteiger partial charge in [-0.15, -0.1) is 0 Å². The van der Waals surface area contributed by atoms with Gasteiger partial charge in [0.25, 0.3) is 0 Å². The minimum absolute atomic E-state index is 0.00995. The summed E-state index contributed by atoms with van der Waals surface area (Å²) >= 11 is 0. The molecule has 4 aromatic heterocycles. The smallest absolute Gasteiger partial charge is 0.407 e. The number of pyridine rings is 4. The molecule has 0 saturated heterocycles. The summed E-state index contributed by atoms with van der Waals surface area (Å²) in [6.45, 7) is 3.98. The van der Waals surface area contributed by atoms with E-state index in [0.29, 0.717) is 36.8 Å². The monoisotopic (exact) mass is 1020 g/mol. The third-order valence-corrected chi connectivity index (χ3v) is 13.6. The summed E-state index contributed by atoms with van der Waals surface area (Å²) in [4.78, 5) is 66.0. The van der Waals surface area contributed by atoms with Gasteiger partial charge in [-0.25, -0.2) is 45.9 Å². The number of methoxy groups -OCH3 is 2. The van der Waals surface area contributed by atoms with E-state index in [1.54, 1.807) is 24.8 Å². The summed E-state index contributed by atoms with van der Waals surface area (Å²) in [6, 6.07) is 13.1. The molecule has 2 aromatic carbocycles. The summed E-state index contributed by atoms with van der Waals surface area (Å²) < 4.78 is 95.3. The van der Waals surface area contributed by atoms with E-state index >= 15 is 0 Å². The van der Waals surface area contributed by atoms with Crippen molar-refractivity contribution in [3.05, 3.63) is 166 Å². The second kappa shape index (κ2) is 24.0. The normalized spacial score (nSPS) is 21.4. The van der Waals surface area contributed by atoms with Gasteiger partial charge in [0.2, 0.25) is 0 Å². The molecular weight excluding hydrogens is 971 g/mol. The molecule has 0 radical (unpaired) electrons. The largest absolute Gasteiger partial charge is 0.453 e. The molecule has 0 aliphatic heterocycles. The molecule has 2 aliphatic carbocycles. The number of amides is 2. The van der Waals surface area contributed by atoms with Crippen LogP contribution in [0.3, 0.4) is 0 Å². The minimum Gasteiger partial charge on any atom is -0.453 e. The van der Waals surface area contributed by atoms with Crippen molar-refractivity contribution in [2.75, 3.05) is 14.2 Å². The van der Waals surface area contributed by atoms with Crippen LogP contribution in [0.25, 0.3) is 22.5 Å². The lowest BCUT2D eigenvalue weighted by atomic mass is 9.72. The molecule has 6 N–H and O–H groups in total. The lowest BCUT2D eigenvalue weighted by molar-refractivity contribution is 0.0979. The Bertz CT molecular complexity index is 2780. The predicted molar refractivity (Wildman–Crippen MR) is 261 cm³/mol. The summed E-state index contributed by atoms with van der Waals surface area (Å²) in [6.07, 6.45) is 7.72. The van der Waals surface area contributed by atoms with Crippen molar-refractivity contribution in [3.63, 3.8) is 0 Å².